The number of urea groups is 1. The van der Waals surface area contributed by atoms with Crippen LogP contribution in [-0.2, 0) is 14.3 Å². The lowest BCUT2D eigenvalue weighted by molar-refractivity contribution is -0.142. The van der Waals surface area contributed by atoms with Gasteiger partial charge >= 0.3 is 18.0 Å². The number of likely N-dealkylation sites (N-methyl/N-ethyl adjacent to an activating group) is 1. The quantitative estimate of drug-likeness (QED) is 0.720. The number of ether oxygens (including phenoxy) is 1. The lowest BCUT2D eigenvalue weighted by Crippen LogP contribution is -2.49. The van der Waals surface area contributed by atoms with Crippen molar-refractivity contribution in [3.8, 4) is 0 Å². The van der Waals surface area contributed by atoms with Crippen LogP contribution in [0.3, 0.4) is 0 Å². The zero-order valence-electron chi connectivity index (χ0n) is 10.8. The number of aliphatic carboxylic acids is 1. The molecule has 7 heteroatoms. The van der Waals surface area contributed by atoms with Crippen LogP contribution in [0.15, 0.2) is 0 Å². The number of carboxylic acid groups (broad SMARTS) is 1. The zero-order chi connectivity index (χ0) is 13.9. The Labute approximate surface area is 105 Å². The molecule has 102 valence electrons. The van der Waals surface area contributed by atoms with Gasteiger partial charge in [-0.3, -0.25) is 4.79 Å². The standard InChI is InChI=1S/C11H18N2O5/c1-7-4-5-13(9(7)10(15)16)11(17)12(2)6-8(14)18-3/h7,9H,4-6H2,1-3H3,(H,15,16). The Kier molecular flexibility index (Phi) is 4.52. The molecule has 0 aliphatic carbocycles. The van der Waals surface area contributed by atoms with Crippen LogP contribution >= 0.6 is 0 Å². The topological polar surface area (TPSA) is 87.2 Å². The highest BCUT2D eigenvalue weighted by molar-refractivity contribution is 5.85. The number of nitrogens with zero attached hydrogens (tertiary/aromatic N) is 2. The zero-order valence-corrected chi connectivity index (χ0v) is 10.8. The molecule has 0 aromatic heterocycles. The van der Waals surface area contributed by atoms with Crippen molar-refractivity contribution in [1.29, 1.82) is 0 Å². The molecule has 0 saturated carbocycles. The Morgan fingerprint density at radius 3 is 2.56 bits per heavy atom. The van der Waals surface area contributed by atoms with Gasteiger partial charge in [0.15, 0.2) is 0 Å². The minimum Gasteiger partial charge on any atom is -0.480 e. The SMILES string of the molecule is COC(=O)CN(C)C(=O)N1CCC(C)C1C(=O)O. The Bertz CT molecular complexity index is 357. The second-order valence-corrected chi connectivity index (χ2v) is 4.46. The maximum absolute atomic E-state index is 12.0. The highest BCUT2D eigenvalue weighted by atomic mass is 16.5. The molecular formula is C11H18N2O5. The highest BCUT2D eigenvalue weighted by Gasteiger charge is 2.40. The van der Waals surface area contributed by atoms with E-state index in [0.717, 1.165) is 0 Å². The first-order valence-corrected chi connectivity index (χ1v) is 5.69. The molecular weight excluding hydrogens is 240 g/mol. The number of methoxy groups -OCH3 is 1. The summed E-state index contributed by atoms with van der Waals surface area (Å²) < 4.78 is 4.46. The summed E-state index contributed by atoms with van der Waals surface area (Å²) in [5, 5.41) is 9.11. The van der Waals surface area contributed by atoms with E-state index in [1.165, 1.54) is 24.0 Å². The summed E-state index contributed by atoms with van der Waals surface area (Å²) in [5.41, 5.74) is 0. The van der Waals surface area contributed by atoms with Gasteiger partial charge in [-0.05, 0) is 12.3 Å². The van der Waals surface area contributed by atoms with E-state index < -0.39 is 24.0 Å². The molecule has 1 heterocycles. The largest absolute Gasteiger partial charge is 0.480 e. The monoisotopic (exact) mass is 258 g/mol. The minimum atomic E-state index is -1.01. The van der Waals surface area contributed by atoms with Gasteiger partial charge in [-0.1, -0.05) is 6.92 Å². The molecule has 0 spiro atoms. The summed E-state index contributed by atoms with van der Waals surface area (Å²) in [5.74, 6) is -1.64. The van der Waals surface area contributed by atoms with Crippen molar-refractivity contribution in [3.63, 3.8) is 0 Å². The van der Waals surface area contributed by atoms with E-state index in [4.69, 9.17) is 5.11 Å². The fourth-order valence-electron chi connectivity index (χ4n) is 2.08. The van der Waals surface area contributed by atoms with Crippen molar-refractivity contribution in [1.82, 2.24) is 9.80 Å². The van der Waals surface area contributed by atoms with Gasteiger partial charge in [-0.15, -0.1) is 0 Å². The van der Waals surface area contributed by atoms with Gasteiger partial charge in [0.1, 0.15) is 12.6 Å². The van der Waals surface area contributed by atoms with Gasteiger partial charge in [-0.25, -0.2) is 9.59 Å². The summed E-state index contributed by atoms with van der Waals surface area (Å²) in [6.45, 7) is 2.00. The van der Waals surface area contributed by atoms with E-state index >= 15 is 0 Å². The van der Waals surface area contributed by atoms with Crippen LogP contribution in [0, 0.1) is 5.92 Å². The predicted octanol–water partition coefficient (Wildman–Crippen LogP) is 0.00620. The number of hydrogen-bond donors (Lipinski definition) is 1. The van der Waals surface area contributed by atoms with Crippen LogP contribution in [0.1, 0.15) is 13.3 Å². The van der Waals surface area contributed by atoms with Crippen LogP contribution in [0.5, 0.6) is 0 Å². The first-order chi connectivity index (χ1) is 8.38. The molecule has 0 aromatic carbocycles. The normalized spacial score (nSPS) is 22.7. The molecule has 18 heavy (non-hydrogen) atoms. The predicted molar refractivity (Wildman–Crippen MR) is 62.0 cm³/mol. The van der Waals surface area contributed by atoms with Gasteiger partial charge in [-0.2, -0.15) is 0 Å². The molecule has 0 aromatic rings. The molecule has 1 saturated heterocycles. The fraction of sp³-hybridized carbons (Fsp3) is 0.727. The van der Waals surface area contributed by atoms with Gasteiger partial charge in [0, 0.05) is 13.6 Å². The average molecular weight is 258 g/mol. The van der Waals surface area contributed by atoms with Crippen molar-refractivity contribution in [3.05, 3.63) is 0 Å². The summed E-state index contributed by atoms with van der Waals surface area (Å²) in [6, 6.07) is -1.28. The summed E-state index contributed by atoms with van der Waals surface area (Å²) in [4.78, 5) is 36.7. The van der Waals surface area contributed by atoms with Crippen LogP contribution in [0.2, 0.25) is 0 Å². The van der Waals surface area contributed by atoms with Crippen molar-refractivity contribution in [2.24, 2.45) is 5.92 Å². The van der Waals surface area contributed by atoms with Crippen molar-refractivity contribution in [2.45, 2.75) is 19.4 Å². The van der Waals surface area contributed by atoms with Crippen LogP contribution in [-0.4, -0.2) is 66.2 Å². The molecule has 1 fully saturated rings. The van der Waals surface area contributed by atoms with Crippen LogP contribution in [0.25, 0.3) is 0 Å². The van der Waals surface area contributed by atoms with E-state index in [9.17, 15) is 14.4 Å². The fourth-order valence-corrected chi connectivity index (χ4v) is 2.08. The maximum atomic E-state index is 12.0. The summed E-state index contributed by atoms with van der Waals surface area (Å²) in [7, 11) is 2.68. The van der Waals surface area contributed by atoms with Crippen LogP contribution < -0.4 is 0 Å². The lowest BCUT2D eigenvalue weighted by atomic mass is 10.0. The number of carbonyl (C=O) groups is 3. The van der Waals surface area contributed by atoms with Crippen molar-refractivity contribution < 1.29 is 24.2 Å². The Balaban J connectivity index is 2.71. The smallest absolute Gasteiger partial charge is 0.326 e. The Morgan fingerprint density at radius 2 is 2.06 bits per heavy atom. The van der Waals surface area contributed by atoms with E-state index in [1.54, 1.807) is 6.92 Å². The minimum absolute atomic E-state index is 0.0852. The molecule has 2 unspecified atom stereocenters. The first kappa shape index (κ1) is 14.3. The van der Waals surface area contributed by atoms with Crippen molar-refractivity contribution >= 4 is 18.0 Å². The van der Waals surface area contributed by atoms with E-state index in [0.29, 0.717) is 13.0 Å². The lowest BCUT2D eigenvalue weighted by Gasteiger charge is -2.27. The third-order valence-corrected chi connectivity index (χ3v) is 3.12. The van der Waals surface area contributed by atoms with Crippen molar-refractivity contribution in [2.75, 3.05) is 27.2 Å². The highest BCUT2D eigenvalue weighted by Crippen LogP contribution is 2.25. The molecule has 7 nitrogen and oxygen atoms in total. The average Bonchev–Trinajstić information content (AvgIpc) is 2.69. The molecule has 1 rings (SSSR count). The number of esters is 1. The maximum Gasteiger partial charge on any atom is 0.326 e. The second-order valence-electron chi connectivity index (χ2n) is 4.46. The third kappa shape index (κ3) is 2.91. The molecule has 2 atom stereocenters. The second kappa shape index (κ2) is 5.70. The molecule has 0 radical (unpaired) electrons. The number of carboxylic acids is 1. The molecule has 2 amide bonds. The van der Waals surface area contributed by atoms with E-state index in [1.807, 2.05) is 0 Å². The molecule has 1 N–H and O–H groups in total. The van der Waals surface area contributed by atoms with E-state index in [2.05, 4.69) is 4.74 Å². The van der Waals surface area contributed by atoms with Gasteiger partial charge in [0.05, 0.1) is 7.11 Å². The third-order valence-electron chi connectivity index (χ3n) is 3.12. The first-order valence-electron chi connectivity index (χ1n) is 5.69. The number of amides is 2. The summed E-state index contributed by atoms with van der Waals surface area (Å²) in [6.07, 6.45) is 0.648. The number of hydrogen-bond acceptors (Lipinski definition) is 4. The molecule has 1 aliphatic heterocycles. The van der Waals surface area contributed by atoms with Gasteiger partial charge in [0.2, 0.25) is 0 Å². The number of likely N-dealkylation sites (tertiary alicyclic amines) is 1. The summed E-state index contributed by atoms with van der Waals surface area (Å²) >= 11 is 0. The van der Waals surface area contributed by atoms with Gasteiger partial charge < -0.3 is 19.6 Å². The molecule has 0 bridgehead atoms. The Morgan fingerprint density at radius 1 is 1.44 bits per heavy atom. The number of rotatable bonds is 3. The molecule has 1 aliphatic rings. The number of carbonyl (C=O) groups excluding carboxylic acids is 2. The van der Waals surface area contributed by atoms with Gasteiger partial charge in [0.25, 0.3) is 0 Å². The Hall–Kier alpha value is -1.79. The van der Waals surface area contributed by atoms with Crippen LogP contribution in [0.4, 0.5) is 4.79 Å². The van der Waals surface area contributed by atoms with E-state index in [-0.39, 0.29) is 12.5 Å².